The van der Waals surface area contributed by atoms with Gasteiger partial charge >= 0.3 is 12.2 Å². The van der Waals surface area contributed by atoms with Crippen molar-refractivity contribution < 1.29 is 29.4 Å². The number of carbonyl (C=O) groups is 3. The highest BCUT2D eigenvalue weighted by Gasteiger charge is 2.38. The average molecular weight is 297 g/mol. The average Bonchev–Trinajstić information content (AvgIpc) is 2.43. The van der Waals surface area contributed by atoms with Crippen LogP contribution in [0.15, 0.2) is 0 Å². The van der Waals surface area contributed by atoms with E-state index in [2.05, 4.69) is 10.1 Å². The summed E-state index contributed by atoms with van der Waals surface area (Å²) in [5.41, 5.74) is 6.66. The lowest BCUT2D eigenvalue weighted by Crippen LogP contribution is -2.53. The lowest BCUT2D eigenvalue weighted by Gasteiger charge is -2.31. The fraction of sp³-hybridized carbons (Fsp3) is 0.692. The fourth-order valence-electron chi connectivity index (χ4n) is 2.33. The van der Waals surface area contributed by atoms with Crippen molar-refractivity contribution in [2.24, 2.45) is 0 Å². The Kier molecular flexibility index (Phi) is 6.20. The summed E-state index contributed by atoms with van der Waals surface area (Å²) < 4.78 is 0. The fourth-order valence-corrected chi connectivity index (χ4v) is 2.33. The molecule has 1 amide bonds. The van der Waals surface area contributed by atoms with Gasteiger partial charge in [-0.1, -0.05) is 19.3 Å². The molecule has 0 radical (unpaired) electrons. The first-order valence-electron chi connectivity index (χ1n) is 6.85. The summed E-state index contributed by atoms with van der Waals surface area (Å²) in [7, 11) is 0. The highest BCUT2D eigenvalue weighted by molar-refractivity contribution is 6.25. The molecule has 21 heavy (non-hydrogen) atoms. The van der Waals surface area contributed by atoms with Crippen LogP contribution in [0.4, 0.5) is 0 Å². The number of nitrogens with zero attached hydrogens (tertiary/aromatic N) is 2. The molecule has 0 heterocycles. The Balaban J connectivity index is 2.61. The van der Waals surface area contributed by atoms with Crippen molar-refractivity contribution >= 4 is 23.9 Å². The third kappa shape index (κ3) is 5.09. The summed E-state index contributed by atoms with van der Waals surface area (Å²) in [5.74, 6) is -2.54. The number of rotatable bonds is 7. The number of carboxylic acid groups (broad SMARTS) is 1. The Morgan fingerprint density at radius 2 is 1.90 bits per heavy atom. The maximum Gasteiger partial charge on any atom is 0.326 e. The molecule has 8 nitrogen and oxygen atoms in total. The van der Waals surface area contributed by atoms with Gasteiger partial charge in [-0.2, -0.15) is 4.79 Å². The normalized spacial score (nSPS) is 18.1. The predicted molar refractivity (Wildman–Crippen MR) is 71.5 cm³/mol. The highest BCUT2D eigenvalue weighted by atomic mass is 16.4. The van der Waals surface area contributed by atoms with Gasteiger partial charge in [-0.25, -0.2) is 4.79 Å². The molecule has 1 atom stereocenters. The Morgan fingerprint density at radius 1 is 1.29 bits per heavy atom. The van der Waals surface area contributed by atoms with E-state index in [9.17, 15) is 19.5 Å². The van der Waals surface area contributed by atoms with Crippen molar-refractivity contribution in [3.8, 4) is 0 Å². The molecule has 3 N–H and O–H groups in total. The van der Waals surface area contributed by atoms with Gasteiger partial charge in [-0.15, -0.1) is 0 Å². The van der Waals surface area contributed by atoms with Crippen molar-refractivity contribution in [1.29, 1.82) is 0 Å². The Morgan fingerprint density at radius 3 is 2.43 bits per heavy atom. The number of hydrogen-bond acceptors (Lipinski definition) is 4. The molecular formula is C13H19N3O5. The molecule has 0 aromatic carbocycles. The minimum Gasteiger partial charge on any atom is -0.480 e. The van der Waals surface area contributed by atoms with Crippen LogP contribution in [0.3, 0.4) is 0 Å². The Hall–Kier alpha value is -2.05. The van der Waals surface area contributed by atoms with E-state index < -0.39 is 29.3 Å². The van der Waals surface area contributed by atoms with E-state index in [1.807, 2.05) is 0 Å². The largest absolute Gasteiger partial charge is 0.480 e. The van der Waals surface area contributed by atoms with E-state index in [4.69, 9.17) is 10.6 Å². The summed E-state index contributed by atoms with van der Waals surface area (Å²) in [6.45, 7) is 0. The number of Topliss-reactive ketones (excluding diaryl/α,β-unsaturated/α-hetero) is 1. The van der Waals surface area contributed by atoms with Crippen LogP contribution in [0.1, 0.15) is 44.9 Å². The lowest BCUT2D eigenvalue weighted by atomic mass is 9.84. The third-order valence-electron chi connectivity index (χ3n) is 3.59. The van der Waals surface area contributed by atoms with Gasteiger partial charge in [-0.05, 0) is 19.3 Å². The predicted octanol–water partition coefficient (Wildman–Crippen LogP) is -0.0991. The van der Waals surface area contributed by atoms with Gasteiger partial charge < -0.3 is 21.1 Å². The minimum atomic E-state index is -1.53. The Bertz CT molecular complexity index is 464. The molecule has 1 aliphatic carbocycles. The summed E-state index contributed by atoms with van der Waals surface area (Å²) in [6.07, 6.45) is 3.34. The SMILES string of the molecule is [N-]=[N+]=CC(=O)CC[C@H](NC(=O)C1(O)CCCCC1)C(=O)O. The maximum atomic E-state index is 12.0. The van der Waals surface area contributed by atoms with Crippen LogP contribution in [0, 0.1) is 0 Å². The molecule has 116 valence electrons. The molecule has 0 aromatic heterocycles. The number of carboxylic acids is 1. The first kappa shape index (κ1) is 17.0. The molecule has 1 fully saturated rings. The molecular weight excluding hydrogens is 278 g/mol. The molecule has 0 unspecified atom stereocenters. The van der Waals surface area contributed by atoms with Crippen molar-refractivity contribution in [2.75, 3.05) is 0 Å². The van der Waals surface area contributed by atoms with Crippen LogP contribution in [0.5, 0.6) is 0 Å². The van der Waals surface area contributed by atoms with E-state index >= 15 is 0 Å². The number of carbonyl (C=O) groups excluding carboxylic acids is 2. The van der Waals surface area contributed by atoms with Crippen LogP contribution in [0.2, 0.25) is 0 Å². The topological polar surface area (TPSA) is 140 Å². The van der Waals surface area contributed by atoms with Crippen LogP contribution in [-0.2, 0) is 14.4 Å². The molecule has 0 saturated heterocycles. The summed E-state index contributed by atoms with van der Waals surface area (Å²) in [6, 6.07) is -1.26. The quantitative estimate of drug-likeness (QED) is 0.342. The third-order valence-corrected chi connectivity index (χ3v) is 3.59. The highest BCUT2D eigenvalue weighted by Crippen LogP contribution is 2.28. The summed E-state index contributed by atoms with van der Waals surface area (Å²) in [4.78, 5) is 36.8. The van der Waals surface area contributed by atoms with Gasteiger partial charge in [0.15, 0.2) is 0 Å². The molecule has 1 rings (SSSR count). The maximum absolute atomic E-state index is 12.0. The van der Waals surface area contributed by atoms with E-state index in [-0.39, 0.29) is 12.8 Å². The number of aliphatic carboxylic acids is 1. The van der Waals surface area contributed by atoms with E-state index in [0.717, 1.165) is 6.42 Å². The number of nitrogens with one attached hydrogen (secondary N) is 1. The summed E-state index contributed by atoms with van der Waals surface area (Å²) in [5, 5.41) is 21.5. The van der Waals surface area contributed by atoms with Gasteiger partial charge in [0.2, 0.25) is 5.78 Å². The second-order valence-corrected chi connectivity index (χ2v) is 5.21. The second kappa shape index (κ2) is 7.66. The van der Waals surface area contributed by atoms with Crippen LogP contribution >= 0.6 is 0 Å². The monoisotopic (exact) mass is 297 g/mol. The van der Waals surface area contributed by atoms with Crippen molar-refractivity contribution in [3.63, 3.8) is 0 Å². The van der Waals surface area contributed by atoms with E-state index in [1.165, 1.54) is 0 Å². The second-order valence-electron chi connectivity index (χ2n) is 5.21. The molecule has 0 bridgehead atoms. The molecule has 1 saturated carbocycles. The summed E-state index contributed by atoms with van der Waals surface area (Å²) >= 11 is 0. The minimum absolute atomic E-state index is 0.137. The van der Waals surface area contributed by atoms with Gasteiger partial charge in [0.1, 0.15) is 11.6 Å². The van der Waals surface area contributed by atoms with Crippen molar-refractivity contribution in [2.45, 2.75) is 56.6 Å². The van der Waals surface area contributed by atoms with Crippen LogP contribution < -0.4 is 5.32 Å². The zero-order chi connectivity index (χ0) is 15.9. The number of hydrogen-bond donors (Lipinski definition) is 3. The standard InChI is InChI=1S/C13H19N3O5/c14-15-8-9(17)4-5-10(11(18)19)16-12(20)13(21)6-2-1-3-7-13/h8,10,21H,1-7H2,(H,16,20)(H,18,19)/t10-/m0/s1. The van der Waals surface area contributed by atoms with E-state index in [0.29, 0.717) is 31.9 Å². The van der Waals surface area contributed by atoms with E-state index in [1.54, 1.807) is 0 Å². The lowest BCUT2D eigenvalue weighted by molar-refractivity contribution is -0.149. The molecule has 0 spiro atoms. The molecule has 8 heteroatoms. The first-order valence-corrected chi connectivity index (χ1v) is 6.85. The van der Waals surface area contributed by atoms with Gasteiger partial charge in [-0.3, -0.25) is 9.59 Å². The van der Waals surface area contributed by atoms with Crippen molar-refractivity contribution in [1.82, 2.24) is 5.32 Å². The zero-order valence-electron chi connectivity index (χ0n) is 11.6. The molecule has 0 aliphatic heterocycles. The van der Waals surface area contributed by atoms with Gasteiger partial charge in [0, 0.05) is 6.42 Å². The number of ketones is 1. The number of amides is 1. The first-order chi connectivity index (χ1) is 9.89. The number of aliphatic hydroxyl groups is 1. The van der Waals surface area contributed by atoms with Crippen LogP contribution in [-0.4, -0.2) is 50.5 Å². The van der Waals surface area contributed by atoms with Gasteiger partial charge in [0.05, 0.1) is 0 Å². The smallest absolute Gasteiger partial charge is 0.326 e. The molecule has 0 aromatic rings. The van der Waals surface area contributed by atoms with Crippen LogP contribution in [0.25, 0.3) is 5.53 Å². The zero-order valence-corrected chi connectivity index (χ0v) is 11.6. The Labute approximate surface area is 121 Å². The van der Waals surface area contributed by atoms with Crippen molar-refractivity contribution in [3.05, 3.63) is 5.53 Å². The molecule has 1 aliphatic rings. The van der Waals surface area contributed by atoms with Gasteiger partial charge in [0.25, 0.3) is 5.91 Å².